The summed E-state index contributed by atoms with van der Waals surface area (Å²) in [5.74, 6) is -0.293. The van der Waals surface area contributed by atoms with Gasteiger partial charge >= 0.3 is 0 Å². The Hall–Kier alpha value is 0.1000. The van der Waals surface area contributed by atoms with Crippen LogP contribution in [0.2, 0.25) is 0 Å². The molecule has 0 nitrogen and oxygen atoms in total. The van der Waals surface area contributed by atoms with Crippen molar-refractivity contribution in [3.63, 3.8) is 0 Å². The Bertz CT molecular complexity index is 512. The standard InChI is InChI=1S/C11H6Br2ClFS/c12-7-2-1-6(5-8(7)15)11(14)9-3-4-10(13)16-9/h1-5,11H. The number of halogens is 4. The third-order valence-corrected chi connectivity index (χ3v) is 5.03. The first-order valence-corrected chi connectivity index (χ1v) is 7.26. The monoisotopic (exact) mass is 382 g/mol. The molecule has 0 aliphatic carbocycles. The smallest absolute Gasteiger partial charge is 0.137 e. The van der Waals surface area contributed by atoms with Crippen LogP contribution in [0.3, 0.4) is 0 Å². The van der Waals surface area contributed by atoms with E-state index in [1.54, 1.807) is 17.4 Å². The molecule has 1 aromatic carbocycles. The maximum Gasteiger partial charge on any atom is 0.137 e. The molecule has 5 heteroatoms. The molecule has 0 spiro atoms. The topological polar surface area (TPSA) is 0 Å². The lowest BCUT2D eigenvalue weighted by Gasteiger charge is -2.08. The molecule has 16 heavy (non-hydrogen) atoms. The number of thiophene rings is 1. The largest absolute Gasteiger partial charge is 0.206 e. The van der Waals surface area contributed by atoms with Gasteiger partial charge in [0.05, 0.1) is 13.6 Å². The van der Waals surface area contributed by atoms with Gasteiger partial charge in [-0.25, -0.2) is 4.39 Å². The average molecular weight is 384 g/mol. The van der Waals surface area contributed by atoms with E-state index >= 15 is 0 Å². The first-order chi connectivity index (χ1) is 7.58. The summed E-state index contributed by atoms with van der Waals surface area (Å²) in [5, 5.41) is -0.307. The molecule has 0 saturated heterocycles. The minimum Gasteiger partial charge on any atom is -0.206 e. The molecule has 0 N–H and O–H groups in total. The minimum absolute atomic E-state index is 0.293. The lowest BCUT2D eigenvalue weighted by Crippen LogP contribution is -1.91. The van der Waals surface area contributed by atoms with Crippen molar-refractivity contribution in [2.75, 3.05) is 0 Å². The fraction of sp³-hybridized carbons (Fsp3) is 0.0909. The molecule has 0 bridgehead atoms. The van der Waals surface area contributed by atoms with Crippen LogP contribution in [-0.2, 0) is 0 Å². The number of hydrogen-bond acceptors (Lipinski definition) is 1. The van der Waals surface area contributed by atoms with Gasteiger partial charge in [0, 0.05) is 4.88 Å². The van der Waals surface area contributed by atoms with Crippen LogP contribution in [0.25, 0.3) is 0 Å². The van der Waals surface area contributed by atoms with E-state index in [0.29, 0.717) is 4.47 Å². The zero-order valence-corrected chi connectivity index (χ0v) is 12.6. The van der Waals surface area contributed by atoms with Crippen molar-refractivity contribution in [2.24, 2.45) is 0 Å². The lowest BCUT2D eigenvalue weighted by atomic mass is 10.1. The Morgan fingerprint density at radius 1 is 1.19 bits per heavy atom. The van der Waals surface area contributed by atoms with Crippen molar-refractivity contribution < 1.29 is 4.39 Å². The van der Waals surface area contributed by atoms with E-state index in [9.17, 15) is 4.39 Å². The third-order valence-electron chi connectivity index (χ3n) is 2.08. The van der Waals surface area contributed by atoms with Crippen LogP contribution in [-0.4, -0.2) is 0 Å². The van der Waals surface area contributed by atoms with Crippen LogP contribution >= 0.6 is 54.8 Å². The molecule has 0 aliphatic rings. The van der Waals surface area contributed by atoms with Crippen LogP contribution in [0.5, 0.6) is 0 Å². The fourth-order valence-electron chi connectivity index (χ4n) is 1.30. The van der Waals surface area contributed by atoms with Crippen molar-refractivity contribution in [3.05, 3.63) is 54.8 Å². The molecule has 84 valence electrons. The van der Waals surface area contributed by atoms with Gasteiger partial charge in [0.25, 0.3) is 0 Å². The summed E-state index contributed by atoms with van der Waals surface area (Å²) in [5.41, 5.74) is 0.761. The first-order valence-electron chi connectivity index (χ1n) is 4.42. The maximum absolute atomic E-state index is 13.3. The highest BCUT2D eigenvalue weighted by molar-refractivity contribution is 9.11. The quantitative estimate of drug-likeness (QED) is 0.579. The van der Waals surface area contributed by atoms with E-state index in [0.717, 1.165) is 14.2 Å². The van der Waals surface area contributed by atoms with E-state index in [4.69, 9.17) is 11.6 Å². The Labute approximate surface area is 119 Å². The summed E-state index contributed by atoms with van der Waals surface area (Å²) in [4.78, 5) is 0.996. The van der Waals surface area contributed by atoms with E-state index < -0.39 is 0 Å². The molecule has 1 aromatic heterocycles. The Morgan fingerprint density at radius 3 is 2.50 bits per heavy atom. The van der Waals surface area contributed by atoms with Crippen LogP contribution in [0, 0.1) is 5.82 Å². The summed E-state index contributed by atoms with van der Waals surface area (Å²) in [7, 11) is 0. The Morgan fingerprint density at radius 2 is 1.94 bits per heavy atom. The predicted molar refractivity (Wildman–Crippen MR) is 73.8 cm³/mol. The predicted octanol–water partition coefficient (Wildman–Crippen LogP) is 5.74. The zero-order valence-electron chi connectivity index (χ0n) is 7.88. The second-order valence-electron chi connectivity index (χ2n) is 3.18. The minimum atomic E-state index is -0.307. The van der Waals surface area contributed by atoms with Gasteiger partial charge in [-0.05, 0) is 61.7 Å². The highest BCUT2D eigenvalue weighted by Crippen LogP contribution is 2.36. The highest BCUT2D eigenvalue weighted by Gasteiger charge is 2.14. The van der Waals surface area contributed by atoms with E-state index in [1.165, 1.54) is 6.07 Å². The molecule has 2 rings (SSSR count). The average Bonchev–Trinajstić information content (AvgIpc) is 2.68. The van der Waals surface area contributed by atoms with Crippen LogP contribution in [0.1, 0.15) is 15.8 Å². The summed E-state index contributed by atoms with van der Waals surface area (Å²) < 4.78 is 14.8. The summed E-state index contributed by atoms with van der Waals surface area (Å²) in [6.07, 6.45) is 0. The third kappa shape index (κ3) is 2.67. The van der Waals surface area contributed by atoms with Crippen LogP contribution < -0.4 is 0 Å². The van der Waals surface area contributed by atoms with Gasteiger partial charge in [0.1, 0.15) is 5.82 Å². The second-order valence-corrected chi connectivity index (χ2v) is 6.96. The van der Waals surface area contributed by atoms with Crippen LogP contribution in [0.4, 0.5) is 4.39 Å². The first kappa shape index (κ1) is 12.6. The van der Waals surface area contributed by atoms with Gasteiger partial charge < -0.3 is 0 Å². The summed E-state index contributed by atoms with van der Waals surface area (Å²) in [6, 6.07) is 8.81. The van der Waals surface area contributed by atoms with Crippen molar-refractivity contribution in [2.45, 2.75) is 5.38 Å². The van der Waals surface area contributed by atoms with Crippen molar-refractivity contribution in [1.82, 2.24) is 0 Å². The van der Waals surface area contributed by atoms with Crippen molar-refractivity contribution in [3.8, 4) is 0 Å². The Balaban J connectivity index is 2.33. The molecule has 1 heterocycles. The Kier molecular flexibility index (Phi) is 4.06. The fourth-order valence-corrected chi connectivity index (χ4v) is 3.32. The van der Waals surface area contributed by atoms with Gasteiger partial charge in [-0.15, -0.1) is 22.9 Å². The molecule has 0 radical (unpaired) electrons. The molecule has 0 saturated carbocycles. The van der Waals surface area contributed by atoms with E-state index in [1.807, 2.05) is 18.2 Å². The van der Waals surface area contributed by atoms with Crippen molar-refractivity contribution >= 4 is 54.8 Å². The number of hydrogen-bond donors (Lipinski definition) is 0. The molecular weight excluding hydrogens is 378 g/mol. The molecule has 0 amide bonds. The summed E-state index contributed by atoms with van der Waals surface area (Å²) >= 11 is 14.3. The van der Waals surface area contributed by atoms with Gasteiger partial charge in [0.15, 0.2) is 0 Å². The van der Waals surface area contributed by atoms with Crippen molar-refractivity contribution in [1.29, 1.82) is 0 Å². The van der Waals surface area contributed by atoms with E-state index in [-0.39, 0.29) is 11.2 Å². The molecule has 2 aromatic rings. The SMILES string of the molecule is Fc1cc(C(Cl)c2ccc(Br)s2)ccc1Br. The molecule has 1 unspecified atom stereocenters. The van der Waals surface area contributed by atoms with Gasteiger partial charge in [-0.2, -0.15) is 0 Å². The molecular formula is C11H6Br2ClFS. The normalized spacial score (nSPS) is 12.8. The number of benzene rings is 1. The van der Waals surface area contributed by atoms with E-state index in [2.05, 4.69) is 31.9 Å². The molecule has 0 fully saturated rings. The second kappa shape index (κ2) is 5.17. The highest BCUT2D eigenvalue weighted by atomic mass is 79.9. The number of rotatable bonds is 2. The zero-order chi connectivity index (χ0) is 11.7. The summed E-state index contributed by atoms with van der Waals surface area (Å²) in [6.45, 7) is 0. The van der Waals surface area contributed by atoms with Gasteiger partial charge in [-0.3, -0.25) is 0 Å². The molecule has 0 aliphatic heterocycles. The maximum atomic E-state index is 13.3. The van der Waals surface area contributed by atoms with Crippen LogP contribution in [0.15, 0.2) is 38.6 Å². The number of alkyl halides is 1. The van der Waals surface area contributed by atoms with Gasteiger partial charge in [-0.1, -0.05) is 6.07 Å². The molecule has 1 atom stereocenters. The van der Waals surface area contributed by atoms with Gasteiger partial charge in [0.2, 0.25) is 0 Å². The lowest BCUT2D eigenvalue weighted by molar-refractivity contribution is 0.619.